The zero-order valence-corrected chi connectivity index (χ0v) is 10.5. The Bertz CT molecular complexity index is 349. The van der Waals surface area contributed by atoms with Crippen molar-refractivity contribution in [2.75, 3.05) is 20.3 Å². The van der Waals surface area contributed by atoms with Crippen molar-refractivity contribution in [3.8, 4) is 0 Å². The number of nitrogens with one attached hydrogen (secondary N) is 1. The first-order chi connectivity index (χ1) is 8.17. The van der Waals surface area contributed by atoms with Gasteiger partial charge in [0, 0.05) is 26.3 Å². The van der Waals surface area contributed by atoms with Crippen molar-refractivity contribution < 1.29 is 14.2 Å². The van der Waals surface area contributed by atoms with Crippen molar-refractivity contribution in [2.45, 2.75) is 19.0 Å². The van der Waals surface area contributed by atoms with E-state index in [0.717, 1.165) is 5.56 Å². The Morgan fingerprint density at radius 1 is 1.53 bits per heavy atom. The number of aliphatic hydroxyl groups is 1. The first-order valence-electron chi connectivity index (χ1n) is 5.44. The SMILES string of the molecule is COCCC(CO)NCc1ccc(Cl)c(F)c1. The monoisotopic (exact) mass is 261 g/mol. The highest BCUT2D eigenvalue weighted by Gasteiger charge is 2.07. The van der Waals surface area contributed by atoms with Crippen LogP contribution in [0.15, 0.2) is 18.2 Å². The van der Waals surface area contributed by atoms with Crippen LogP contribution in [0.5, 0.6) is 0 Å². The summed E-state index contributed by atoms with van der Waals surface area (Å²) in [4.78, 5) is 0. The van der Waals surface area contributed by atoms with Crippen LogP contribution in [-0.4, -0.2) is 31.5 Å². The predicted octanol–water partition coefficient (Wildman–Crippen LogP) is 1.97. The third-order valence-electron chi connectivity index (χ3n) is 2.47. The van der Waals surface area contributed by atoms with E-state index in [4.69, 9.17) is 21.4 Å². The molecule has 0 saturated heterocycles. The fraction of sp³-hybridized carbons (Fsp3) is 0.500. The van der Waals surface area contributed by atoms with Gasteiger partial charge in [-0.15, -0.1) is 0 Å². The third-order valence-corrected chi connectivity index (χ3v) is 2.78. The lowest BCUT2D eigenvalue weighted by atomic mass is 10.2. The fourth-order valence-corrected chi connectivity index (χ4v) is 1.55. The van der Waals surface area contributed by atoms with E-state index in [-0.39, 0.29) is 17.7 Å². The summed E-state index contributed by atoms with van der Waals surface area (Å²) in [6, 6.07) is 4.62. The average Bonchev–Trinajstić information content (AvgIpc) is 2.34. The first kappa shape index (κ1) is 14.4. The molecule has 1 aromatic rings. The zero-order chi connectivity index (χ0) is 12.7. The van der Waals surface area contributed by atoms with Crippen molar-refractivity contribution in [3.63, 3.8) is 0 Å². The van der Waals surface area contributed by atoms with E-state index in [1.165, 1.54) is 12.1 Å². The molecule has 96 valence electrons. The molecule has 0 aliphatic carbocycles. The first-order valence-corrected chi connectivity index (χ1v) is 5.82. The molecule has 0 bridgehead atoms. The van der Waals surface area contributed by atoms with Crippen LogP contribution >= 0.6 is 11.6 Å². The number of methoxy groups -OCH3 is 1. The molecule has 17 heavy (non-hydrogen) atoms. The van der Waals surface area contributed by atoms with Crippen molar-refractivity contribution in [1.82, 2.24) is 5.32 Å². The number of hydrogen-bond donors (Lipinski definition) is 2. The van der Waals surface area contributed by atoms with Gasteiger partial charge in [0.05, 0.1) is 11.6 Å². The Kier molecular flexibility index (Phi) is 6.44. The van der Waals surface area contributed by atoms with Crippen LogP contribution in [-0.2, 0) is 11.3 Å². The van der Waals surface area contributed by atoms with Gasteiger partial charge < -0.3 is 15.2 Å². The Balaban J connectivity index is 2.45. The van der Waals surface area contributed by atoms with Crippen molar-refractivity contribution in [1.29, 1.82) is 0 Å². The number of aliphatic hydroxyl groups excluding tert-OH is 1. The van der Waals surface area contributed by atoms with E-state index < -0.39 is 5.82 Å². The standard InChI is InChI=1S/C12H17ClFNO2/c1-17-5-4-10(8-16)15-7-9-2-3-11(13)12(14)6-9/h2-3,6,10,15-16H,4-5,7-8H2,1H3. The summed E-state index contributed by atoms with van der Waals surface area (Å²) >= 11 is 5.59. The molecule has 0 aromatic heterocycles. The summed E-state index contributed by atoms with van der Waals surface area (Å²) in [5, 5.41) is 12.4. The minimum atomic E-state index is -0.427. The Morgan fingerprint density at radius 2 is 2.29 bits per heavy atom. The number of hydrogen-bond acceptors (Lipinski definition) is 3. The lowest BCUT2D eigenvalue weighted by Crippen LogP contribution is -2.33. The quantitative estimate of drug-likeness (QED) is 0.789. The van der Waals surface area contributed by atoms with E-state index in [0.29, 0.717) is 19.6 Å². The van der Waals surface area contributed by atoms with E-state index in [9.17, 15) is 4.39 Å². The third kappa shape index (κ3) is 5.00. The van der Waals surface area contributed by atoms with Crippen LogP contribution in [0.2, 0.25) is 5.02 Å². The molecule has 0 aliphatic rings. The number of ether oxygens (including phenoxy) is 1. The lowest BCUT2D eigenvalue weighted by molar-refractivity contribution is 0.159. The van der Waals surface area contributed by atoms with Crippen molar-refractivity contribution in [3.05, 3.63) is 34.6 Å². The molecule has 0 saturated carbocycles. The summed E-state index contributed by atoms with van der Waals surface area (Å²) in [5.74, 6) is -0.427. The van der Waals surface area contributed by atoms with Crippen LogP contribution in [0.1, 0.15) is 12.0 Å². The normalized spacial score (nSPS) is 12.7. The van der Waals surface area contributed by atoms with Gasteiger partial charge in [0.15, 0.2) is 0 Å². The van der Waals surface area contributed by atoms with Gasteiger partial charge in [-0.2, -0.15) is 0 Å². The molecule has 0 aliphatic heterocycles. The summed E-state index contributed by atoms with van der Waals surface area (Å²) in [5.41, 5.74) is 0.794. The fourth-order valence-electron chi connectivity index (χ4n) is 1.43. The highest BCUT2D eigenvalue weighted by molar-refractivity contribution is 6.30. The molecule has 1 rings (SSSR count). The molecule has 2 N–H and O–H groups in total. The molecule has 0 amide bonds. The molecular weight excluding hydrogens is 245 g/mol. The summed E-state index contributed by atoms with van der Waals surface area (Å²) in [6.45, 7) is 1.09. The Hall–Kier alpha value is -0.680. The maximum atomic E-state index is 13.2. The predicted molar refractivity (Wildman–Crippen MR) is 65.6 cm³/mol. The van der Waals surface area contributed by atoms with E-state index in [1.54, 1.807) is 13.2 Å². The molecule has 1 atom stereocenters. The highest BCUT2D eigenvalue weighted by Crippen LogP contribution is 2.15. The van der Waals surface area contributed by atoms with Gasteiger partial charge in [-0.3, -0.25) is 0 Å². The second kappa shape index (κ2) is 7.61. The van der Waals surface area contributed by atoms with Gasteiger partial charge in [0.2, 0.25) is 0 Å². The van der Waals surface area contributed by atoms with Gasteiger partial charge >= 0.3 is 0 Å². The van der Waals surface area contributed by atoms with Gasteiger partial charge in [-0.05, 0) is 24.1 Å². The zero-order valence-electron chi connectivity index (χ0n) is 9.75. The van der Waals surface area contributed by atoms with Crippen molar-refractivity contribution in [2.24, 2.45) is 0 Å². The molecule has 0 radical (unpaired) electrons. The molecule has 0 heterocycles. The highest BCUT2D eigenvalue weighted by atomic mass is 35.5. The van der Waals surface area contributed by atoms with Gasteiger partial charge in [-0.1, -0.05) is 17.7 Å². The lowest BCUT2D eigenvalue weighted by Gasteiger charge is -2.15. The second-order valence-corrected chi connectivity index (χ2v) is 4.20. The molecular formula is C12H17ClFNO2. The molecule has 1 aromatic carbocycles. The molecule has 1 unspecified atom stereocenters. The maximum absolute atomic E-state index is 13.2. The molecule has 0 spiro atoms. The van der Waals surface area contributed by atoms with Crippen LogP contribution in [0.25, 0.3) is 0 Å². The Morgan fingerprint density at radius 3 is 2.88 bits per heavy atom. The van der Waals surface area contributed by atoms with E-state index in [1.807, 2.05) is 0 Å². The minimum absolute atomic E-state index is 0.0272. The van der Waals surface area contributed by atoms with Crippen LogP contribution < -0.4 is 5.32 Å². The minimum Gasteiger partial charge on any atom is -0.395 e. The number of rotatable bonds is 7. The van der Waals surface area contributed by atoms with E-state index in [2.05, 4.69) is 5.32 Å². The van der Waals surface area contributed by atoms with E-state index >= 15 is 0 Å². The second-order valence-electron chi connectivity index (χ2n) is 3.79. The summed E-state index contributed by atoms with van der Waals surface area (Å²) in [7, 11) is 1.61. The largest absolute Gasteiger partial charge is 0.395 e. The van der Waals surface area contributed by atoms with Gasteiger partial charge in [-0.25, -0.2) is 4.39 Å². The van der Waals surface area contributed by atoms with Gasteiger partial charge in [0.25, 0.3) is 0 Å². The maximum Gasteiger partial charge on any atom is 0.142 e. The average molecular weight is 262 g/mol. The molecule has 0 fully saturated rings. The van der Waals surface area contributed by atoms with Crippen molar-refractivity contribution >= 4 is 11.6 Å². The molecule has 3 nitrogen and oxygen atoms in total. The van der Waals surface area contributed by atoms with Crippen LogP contribution in [0.4, 0.5) is 4.39 Å². The van der Waals surface area contributed by atoms with Crippen LogP contribution in [0.3, 0.4) is 0 Å². The number of benzene rings is 1. The summed E-state index contributed by atoms with van der Waals surface area (Å²) in [6.07, 6.45) is 0.711. The molecule has 5 heteroatoms. The number of halogens is 2. The smallest absolute Gasteiger partial charge is 0.142 e. The van der Waals surface area contributed by atoms with Gasteiger partial charge in [0.1, 0.15) is 5.82 Å². The van der Waals surface area contributed by atoms with Crippen LogP contribution in [0, 0.1) is 5.82 Å². The summed E-state index contributed by atoms with van der Waals surface area (Å²) < 4.78 is 18.1. The Labute approximate surface area is 106 Å². The topological polar surface area (TPSA) is 41.5 Å².